The van der Waals surface area contributed by atoms with Crippen molar-refractivity contribution in [2.45, 2.75) is 99.6 Å². The van der Waals surface area contributed by atoms with E-state index in [1.54, 1.807) is 36.0 Å². The van der Waals surface area contributed by atoms with Gasteiger partial charge in [-0.25, -0.2) is 24.5 Å². The smallest absolute Gasteiger partial charge is 0.407 e. The molecule has 1 saturated carbocycles. The number of alkyl carbamates (subject to hydrolysis) is 1. The average Bonchev–Trinajstić information content (AvgIpc) is 1.48. The third kappa shape index (κ3) is 14.1. The number of aromatic nitrogens is 4. The number of nitrogens with zero attached hydrogens (tertiary/aromatic N) is 7. The largest absolute Gasteiger partial charge is 0.495 e. The number of fused-ring (bicyclic) bond motifs is 5. The minimum Gasteiger partial charge on any atom is -0.495 e. The number of aryl methyl sites for hydroxylation is 1. The van der Waals surface area contributed by atoms with Crippen LogP contribution in [-0.2, 0) is 41.3 Å². The second kappa shape index (κ2) is 29.1. The average molecular weight is 1360 g/mol. The number of imide groups is 1. The van der Waals surface area contributed by atoms with Gasteiger partial charge in [0.05, 0.1) is 56.3 Å². The summed E-state index contributed by atoms with van der Waals surface area (Å²) >= 11 is 0. The molecule has 5 aliphatic rings. The van der Waals surface area contributed by atoms with Crippen molar-refractivity contribution in [2.24, 2.45) is 12.8 Å². The minimum absolute atomic E-state index is 0.0104. The number of piperidine rings is 2. The van der Waals surface area contributed by atoms with Crippen LogP contribution in [0.15, 0.2) is 139 Å². The molecule has 518 valence electrons. The Morgan fingerprint density at radius 1 is 0.800 bits per heavy atom. The van der Waals surface area contributed by atoms with Gasteiger partial charge in [0.2, 0.25) is 29.6 Å². The molecule has 3 aliphatic heterocycles. The number of hydrogen-bond donors (Lipinski definition) is 8. The van der Waals surface area contributed by atoms with Gasteiger partial charge >= 0.3 is 12.1 Å². The second-order valence-electron chi connectivity index (χ2n) is 26.5. The SMILES string of the molecule is COc1ccc(C#CCNC2(C)CCN(C3CCN(c4nc([C@@](CO)(OC5CC5)c5ccccc5)c5cc(-c6cn(C)c(=O)c7[nH]ccc67)ccc5n4)CC3)CC2)cc1N1CCC(=O)N(CNC(=O)[C@H](CC(N)=O)NC(=O)[C@H](CO)NC(=O)OCC2c3ccccc3-c3ccccc32)C1=O. The van der Waals surface area contributed by atoms with Gasteiger partial charge in [-0.3, -0.25) is 28.9 Å². The van der Waals surface area contributed by atoms with Crippen molar-refractivity contribution in [3.8, 4) is 39.8 Å². The van der Waals surface area contributed by atoms with Gasteiger partial charge in [-0.2, -0.15) is 0 Å². The number of likely N-dealkylation sites (tertiary alicyclic amines) is 1. The van der Waals surface area contributed by atoms with E-state index in [9.17, 15) is 43.8 Å². The number of urea groups is 1. The first-order valence-electron chi connectivity index (χ1n) is 33.9. The van der Waals surface area contributed by atoms with Gasteiger partial charge in [0.1, 0.15) is 36.6 Å². The van der Waals surface area contributed by atoms with E-state index < -0.39 is 73.1 Å². The molecule has 25 nitrogen and oxygen atoms in total. The molecule has 3 aromatic heterocycles. The number of aliphatic hydroxyl groups excluding tert-OH is 2. The molecule has 3 saturated heterocycles. The van der Waals surface area contributed by atoms with E-state index in [-0.39, 0.29) is 49.3 Å². The number of hydrogen-bond acceptors (Lipinski definition) is 17. The third-order valence-corrected chi connectivity index (χ3v) is 20.0. The lowest BCUT2D eigenvalue weighted by Gasteiger charge is -2.45. The molecule has 9 N–H and O–H groups in total. The summed E-state index contributed by atoms with van der Waals surface area (Å²) in [6.07, 6.45) is 7.16. The lowest BCUT2D eigenvalue weighted by molar-refractivity contribution is -0.134. The van der Waals surface area contributed by atoms with Crippen LogP contribution in [0, 0.1) is 11.8 Å². The summed E-state index contributed by atoms with van der Waals surface area (Å²) in [7, 11) is 3.20. The van der Waals surface area contributed by atoms with Crippen LogP contribution in [0.1, 0.15) is 92.2 Å². The zero-order valence-electron chi connectivity index (χ0n) is 56.0. The minimum atomic E-state index is -1.63. The topological polar surface area (TPSA) is 321 Å². The van der Waals surface area contributed by atoms with Crippen LogP contribution < -0.4 is 47.1 Å². The predicted octanol–water partition coefficient (Wildman–Crippen LogP) is 5.86. The van der Waals surface area contributed by atoms with Crippen molar-refractivity contribution >= 4 is 69.2 Å². The summed E-state index contributed by atoms with van der Waals surface area (Å²) in [6, 6.07) is 34.8. The normalized spacial score (nSPS) is 17.6. The Hall–Kier alpha value is -10.5. The molecule has 7 amide bonds. The Morgan fingerprint density at radius 2 is 1.52 bits per heavy atom. The predicted molar refractivity (Wildman–Crippen MR) is 375 cm³/mol. The van der Waals surface area contributed by atoms with Crippen LogP contribution in [0.3, 0.4) is 0 Å². The third-order valence-electron chi connectivity index (χ3n) is 20.0. The molecule has 13 rings (SSSR count). The zero-order valence-corrected chi connectivity index (χ0v) is 56.0. The molecular formula is C75H81N13O12. The first-order chi connectivity index (χ1) is 48.4. The van der Waals surface area contributed by atoms with Gasteiger partial charge in [0.25, 0.3) is 5.56 Å². The molecule has 8 aromatic rings. The molecule has 0 bridgehead atoms. The summed E-state index contributed by atoms with van der Waals surface area (Å²) in [5.74, 6) is 3.53. The molecule has 3 atom stereocenters. The first-order valence-corrected chi connectivity index (χ1v) is 33.9. The Bertz CT molecular complexity index is 4520. The van der Waals surface area contributed by atoms with E-state index in [0.717, 1.165) is 125 Å². The fraction of sp³-hybridized carbons (Fsp3) is 0.373. The number of aromatic amines is 1. The molecule has 100 heavy (non-hydrogen) atoms. The first kappa shape index (κ1) is 68.1. The van der Waals surface area contributed by atoms with Crippen molar-refractivity contribution in [1.82, 2.24) is 50.6 Å². The highest BCUT2D eigenvalue weighted by molar-refractivity contribution is 6.07. The zero-order chi connectivity index (χ0) is 69.8. The van der Waals surface area contributed by atoms with Crippen LogP contribution >= 0.6 is 0 Å². The van der Waals surface area contributed by atoms with E-state index in [0.29, 0.717) is 46.7 Å². The van der Waals surface area contributed by atoms with Crippen molar-refractivity contribution in [3.63, 3.8) is 0 Å². The highest BCUT2D eigenvalue weighted by atomic mass is 16.5. The number of pyridine rings is 1. The van der Waals surface area contributed by atoms with E-state index >= 15 is 0 Å². The van der Waals surface area contributed by atoms with Crippen LogP contribution in [0.25, 0.3) is 44.1 Å². The highest BCUT2D eigenvalue weighted by Crippen LogP contribution is 2.46. The number of carbonyl (C=O) groups excluding carboxylic acids is 6. The van der Waals surface area contributed by atoms with E-state index in [4.69, 9.17) is 29.9 Å². The monoisotopic (exact) mass is 1360 g/mol. The number of primary amides is 1. The molecule has 2 aliphatic carbocycles. The summed E-state index contributed by atoms with van der Waals surface area (Å²) in [4.78, 5) is 114. The van der Waals surface area contributed by atoms with Gasteiger partial charge in [-0.15, -0.1) is 0 Å². The van der Waals surface area contributed by atoms with Crippen LogP contribution in [0.2, 0.25) is 0 Å². The highest BCUT2D eigenvalue weighted by Gasteiger charge is 2.45. The number of anilines is 2. The number of benzene rings is 5. The number of carbonyl (C=O) groups is 6. The maximum atomic E-state index is 14.2. The Balaban J connectivity index is 0.608. The molecular weight excluding hydrogens is 1270 g/mol. The van der Waals surface area contributed by atoms with Crippen LogP contribution in [0.5, 0.6) is 5.75 Å². The van der Waals surface area contributed by atoms with Crippen molar-refractivity contribution < 1.29 is 53.2 Å². The van der Waals surface area contributed by atoms with Crippen molar-refractivity contribution in [2.75, 3.05) is 82.7 Å². The number of aliphatic hydroxyl groups is 2. The lowest BCUT2D eigenvalue weighted by Crippen LogP contribution is -2.59. The number of amides is 7. The Morgan fingerprint density at radius 3 is 2.21 bits per heavy atom. The fourth-order valence-electron chi connectivity index (χ4n) is 14.3. The maximum Gasteiger partial charge on any atom is 0.407 e. The second-order valence-corrected chi connectivity index (χ2v) is 26.5. The number of H-pyrrole nitrogens is 1. The van der Waals surface area contributed by atoms with Gasteiger partial charge in [0, 0.05) is 98.0 Å². The molecule has 0 unspecified atom stereocenters. The standard InChI is InChI=1S/C75H81N13O12/c1-74(29-36-85(37-30-74)49-26-33-86(34-27-49)71-81-59-23-20-47(57-41-84(2)70(95)66-55(57)25-32-77-66)39-56(59)67(83-71)75(44-90,100-50-21-22-50)48-13-5-4-6-14-48)79-31-11-12-46-19-24-63(98-3)62(38-46)87-35-28-65(92)88(73(87)97)45-78-68(93)60(40-64(76)91)80-69(94)61(42-89)82-72(96)99-43-58-53-17-9-7-15-51(53)52-16-8-10-18-54(52)58/h4-10,13-20,23-25,32,38-39,41,49-50,58,60-61,77,79,89-90H,21-22,26-31,33-37,40,42-45H2,1-3H3,(H2,76,91)(H,78,93)(H,80,94)(H,82,96)/t60-,61-,75-/m0/s1. The van der Waals surface area contributed by atoms with Crippen molar-refractivity contribution in [3.05, 3.63) is 172 Å². The van der Waals surface area contributed by atoms with Crippen LogP contribution in [0.4, 0.5) is 21.2 Å². The molecule has 4 fully saturated rings. The number of nitrogens with two attached hydrogens (primary N) is 1. The molecule has 25 heteroatoms. The fourth-order valence-corrected chi connectivity index (χ4v) is 14.3. The van der Waals surface area contributed by atoms with Gasteiger partial charge < -0.3 is 70.8 Å². The number of methoxy groups -OCH3 is 1. The van der Waals surface area contributed by atoms with E-state index in [2.05, 4.69) is 60.9 Å². The molecule has 6 heterocycles. The number of ether oxygens (including phenoxy) is 3. The van der Waals surface area contributed by atoms with Crippen molar-refractivity contribution in [1.29, 1.82) is 0 Å². The maximum absolute atomic E-state index is 14.2. The summed E-state index contributed by atoms with van der Waals surface area (Å²) in [5.41, 5.74) is 13.2. The quantitative estimate of drug-likeness (QED) is 0.0348. The van der Waals surface area contributed by atoms with E-state index in [1.165, 1.54) is 12.0 Å². The Kier molecular flexibility index (Phi) is 19.8. The number of rotatable bonds is 23. The Labute approximate surface area is 577 Å². The molecule has 0 spiro atoms. The van der Waals surface area contributed by atoms with Gasteiger partial charge in [-0.05, 0) is 115 Å². The molecule has 0 radical (unpaired) electrons. The van der Waals surface area contributed by atoms with Crippen LogP contribution in [-0.4, -0.2) is 178 Å². The summed E-state index contributed by atoms with van der Waals surface area (Å²) in [6.45, 7) is 3.92. The number of nitrogens with one attached hydrogen (secondary N) is 5. The van der Waals surface area contributed by atoms with Gasteiger partial charge in [0.15, 0.2) is 5.60 Å². The lowest BCUT2D eigenvalue weighted by atomic mass is 9.87. The van der Waals surface area contributed by atoms with Gasteiger partial charge in [-0.1, -0.05) is 96.8 Å². The molecule has 5 aromatic carbocycles. The summed E-state index contributed by atoms with van der Waals surface area (Å²) < 4.78 is 19.7. The van der Waals surface area contributed by atoms with E-state index in [1.807, 2.05) is 103 Å². The summed E-state index contributed by atoms with van der Waals surface area (Å²) in [5, 5.41) is 34.2.